The minimum Gasteiger partial charge on any atom is -0.342 e. The Morgan fingerprint density at radius 3 is 2.41 bits per heavy atom. The van der Waals surface area contributed by atoms with Crippen LogP contribution in [-0.2, 0) is 11.0 Å². The normalized spacial score (nSPS) is 11.4. The second kappa shape index (κ2) is 7.58. The van der Waals surface area contributed by atoms with Crippen molar-refractivity contribution in [2.24, 2.45) is 0 Å². The van der Waals surface area contributed by atoms with Crippen molar-refractivity contribution in [2.45, 2.75) is 6.18 Å². The van der Waals surface area contributed by atoms with Gasteiger partial charge in [-0.25, -0.2) is 0 Å². The number of fused-ring (bicyclic) bond motifs is 1. The third kappa shape index (κ3) is 4.23. The lowest BCUT2D eigenvalue weighted by Crippen LogP contribution is -2.33. The van der Waals surface area contributed by atoms with E-state index in [1.165, 1.54) is 23.5 Å². The van der Waals surface area contributed by atoms with Crippen LogP contribution in [0.3, 0.4) is 0 Å². The highest BCUT2D eigenvalue weighted by atomic mass is 35.5. The average Bonchev–Trinajstić information content (AvgIpc) is 2.96. The summed E-state index contributed by atoms with van der Waals surface area (Å²) in [5.74, 6) is -1.35. The zero-order valence-corrected chi connectivity index (χ0v) is 15.1. The molecule has 1 aromatic heterocycles. The maximum atomic E-state index is 12.9. The molecule has 0 atom stereocenters. The van der Waals surface area contributed by atoms with Gasteiger partial charge in [0.15, 0.2) is 0 Å². The number of hydrogen-bond donors (Lipinski definition) is 2. The smallest absolute Gasteiger partial charge is 0.342 e. The van der Waals surface area contributed by atoms with Crippen molar-refractivity contribution in [3.05, 3.63) is 64.0 Å². The molecule has 0 aliphatic rings. The number of alkyl halides is 3. The summed E-state index contributed by atoms with van der Waals surface area (Å²) in [6.45, 7) is -0.490. The van der Waals surface area contributed by atoms with Gasteiger partial charge in [0.1, 0.15) is 4.88 Å². The molecule has 0 radical (unpaired) electrons. The van der Waals surface area contributed by atoms with Gasteiger partial charge >= 0.3 is 6.18 Å². The van der Waals surface area contributed by atoms with E-state index in [2.05, 4.69) is 10.6 Å². The van der Waals surface area contributed by atoms with Crippen molar-refractivity contribution in [3.63, 3.8) is 0 Å². The number of nitrogens with one attached hydrogen (secondary N) is 2. The van der Waals surface area contributed by atoms with E-state index in [-0.39, 0.29) is 15.6 Å². The Hall–Kier alpha value is -2.58. The summed E-state index contributed by atoms with van der Waals surface area (Å²) in [5.41, 5.74) is -1.33. The molecule has 0 unspecified atom stereocenters. The van der Waals surface area contributed by atoms with Crippen LogP contribution in [0.1, 0.15) is 15.2 Å². The highest BCUT2D eigenvalue weighted by Crippen LogP contribution is 2.35. The molecule has 4 nitrogen and oxygen atoms in total. The van der Waals surface area contributed by atoms with Crippen molar-refractivity contribution in [1.82, 2.24) is 5.32 Å². The standard InChI is InChI=1S/C18H12ClF3N2O2S/c19-15-10-5-1-4-8-13(10)27-16(15)17(26)23-9-14(25)24-12-7-3-2-6-11(12)18(20,21)22/h1-8H,9H2,(H,23,26)(H,24,25). The number of rotatable bonds is 4. The number of carbonyl (C=O) groups is 2. The first-order chi connectivity index (χ1) is 12.8. The molecule has 140 valence electrons. The predicted molar refractivity (Wildman–Crippen MR) is 99.2 cm³/mol. The van der Waals surface area contributed by atoms with Crippen LogP contribution in [-0.4, -0.2) is 18.4 Å². The van der Waals surface area contributed by atoms with Gasteiger partial charge in [-0.3, -0.25) is 9.59 Å². The molecule has 0 spiro atoms. The van der Waals surface area contributed by atoms with E-state index in [0.717, 1.165) is 22.2 Å². The maximum Gasteiger partial charge on any atom is 0.418 e. The van der Waals surface area contributed by atoms with Gasteiger partial charge in [0.05, 0.1) is 22.8 Å². The molecular formula is C18H12ClF3N2O2S. The Kier molecular flexibility index (Phi) is 5.38. The molecule has 9 heteroatoms. The van der Waals surface area contributed by atoms with E-state index in [0.29, 0.717) is 0 Å². The zero-order valence-electron chi connectivity index (χ0n) is 13.6. The predicted octanol–water partition coefficient (Wildman–Crippen LogP) is 4.94. The van der Waals surface area contributed by atoms with Crippen LogP contribution in [0.4, 0.5) is 18.9 Å². The SMILES string of the molecule is O=C(CNC(=O)c1sc2ccccc2c1Cl)Nc1ccccc1C(F)(F)F. The highest BCUT2D eigenvalue weighted by Gasteiger charge is 2.33. The van der Waals surface area contributed by atoms with E-state index in [9.17, 15) is 22.8 Å². The summed E-state index contributed by atoms with van der Waals surface area (Å²) < 4.78 is 39.7. The van der Waals surface area contributed by atoms with Gasteiger partial charge in [-0.15, -0.1) is 11.3 Å². The Labute approximate surface area is 160 Å². The number of para-hydroxylation sites is 1. The van der Waals surface area contributed by atoms with Crippen molar-refractivity contribution < 1.29 is 22.8 Å². The summed E-state index contributed by atoms with van der Waals surface area (Å²) >= 11 is 7.36. The first-order valence-electron chi connectivity index (χ1n) is 7.68. The number of hydrogen-bond acceptors (Lipinski definition) is 3. The van der Waals surface area contributed by atoms with Crippen LogP contribution in [0, 0.1) is 0 Å². The number of halogens is 4. The van der Waals surface area contributed by atoms with Crippen LogP contribution in [0.15, 0.2) is 48.5 Å². The summed E-state index contributed by atoms with van der Waals surface area (Å²) in [6, 6.07) is 11.8. The van der Waals surface area contributed by atoms with E-state index in [1.807, 2.05) is 12.1 Å². The van der Waals surface area contributed by atoms with Crippen molar-refractivity contribution in [1.29, 1.82) is 0 Å². The molecule has 0 aliphatic heterocycles. The second-order valence-corrected chi connectivity index (χ2v) is 6.95. The van der Waals surface area contributed by atoms with Gasteiger partial charge in [-0.1, -0.05) is 41.9 Å². The van der Waals surface area contributed by atoms with Gasteiger partial charge in [-0.2, -0.15) is 13.2 Å². The topological polar surface area (TPSA) is 58.2 Å². The van der Waals surface area contributed by atoms with E-state index >= 15 is 0 Å². The minimum absolute atomic E-state index is 0.237. The molecule has 0 fully saturated rings. The molecule has 0 saturated heterocycles. The maximum absolute atomic E-state index is 12.9. The number of thiophene rings is 1. The minimum atomic E-state index is -4.60. The van der Waals surface area contributed by atoms with Crippen LogP contribution in [0.25, 0.3) is 10.1 Å². The van der Waals surface area contributed by atoms with Crippen molar-refractivity contribution in [2.75, 3.05) is 11.9 Å². The van der Waals surface area contributed by atoms with Gasteiger partial charge in [0.25, 0.3) is 5.91 Å². The van der Waals surface area contributed by atoms with Crippen LogP contribution in [0.2, 0.25) is 5.02 Å². The molecule has 2 amide bonds. The fraction of sp³-hybridized carbons (Fsp3) is 0.111. The lowest BCUT2D eigenvalue weighted by atomic mass is 10.1. The van der Waals surface area contributed by atoms with Gasteiger partial charge in [0.2, 0.25) is 5.91 Å². The molecule has 0 bridgehead atoms. The summed E-state index contributed by atoms with van der Waals surface area (Å²) in [5, 5.41) is 5.53. The number of anilines is 1. The molecule has 27 heavy (non-hydrogen) atoms. The van der Waals surface area contributed by atoms with Crippen LogP contribution >= 0.6 is 22.9 Å². The van der Waals surface area contributed by atoms with Gasteiger partial charge < -0.3 is 10.6 Å². The van der Waals surface area contributed by atoms with Crippen LogP contribution < -0.4 is 10.6 Å². The van der Waals surface area contributed by atoms with E-state index < -0.39 is 30.1 Å². The quantitative estimate of drug-likeness (QED) is 0.637. The Balaban J connectivity index is 1.67. The van der Waals surface area contributed by atoms with Gasteiger partial charge in [-0.05, 0) is 18.2 Å². The fourth-order valence-electron chi connectivity index (χ4n) is 2.43. The molecule has 0 saturated carbocycles. The molecule has 3 rings (SSSR count). The monoisotopic (exact) mass is 412 g/mol. The first kappa shape index (κ1) is 19.2. The zero-order chi connectivity index (χ0) is 19.6. The molecule has 3 aromatic rings. The lowest BCUT2D eigenvalue weighted by Gasteiger charge is -2.13. The Morgan fingerprint density at radius 2 is 1.70 bits per heavy atom. The molecular weight excluding hydrogens is 401 g/mol. The lowest BCUT2D eigenvalue weighted by molar-refractivity contribution is -0.137. The molecule has 0 aliphatic carbocycles. The second-order valence-electron chi connectivity index (χ2n) is 5.52. The number of amides is 2. The summed E-state index contributed by atoms with van der Waals surface area (Å²) in [6.07, 6.45) is -4.60. The highest BCUT2D eigenvalue weighted by molar-refractivity contribution is 7.21. The van der Waals surface area contributed by atoms with Crippen molar-refractivity contribution in [3.8, 4) is 0 Å². The first-order valence-corrected chi connectivity index (χ1v) is 8.88. The average molecular weight is 413 g/mol. The summed E-state index contributed by atoms with van der Waals surface area (Å²) in [7, 11) is 0. The fourth-order valence-corrected chi connectivity index (χ4v) is 3.87. The van der Waals surface area contributed by atoms with Crippen LogP contribution in [0.5, 0.6) is 0 Å². The number of benzene rings is 2. The third-order valence-corrected chi connectivity index (χ3v) is 5.33. The largest absolute Gasteiger partial charge is 0.418 e. The molecule has 2 N–H and O–H groups in total. The summed E-state index contributed by atoms with van der Waals surface area (Å²) in [4.78, 5) is 24.5. The molecule has 2 aromatic carbocycles. The Bertz CT molecular complexity index is 1020. The van der Waals surface area contributed by atoms with Crippen molar-refractivity contribution >= 4 is 50.5 Å². The third-order valence-electron chi connectivity index (χ3n) is 3.66. The van der Waals surface area contributed by atoms with E-state index in [4.69, 9.17) is 11.6 Å². The van der Waals surface area contributed by atoms with E-state index in [1.54, 1.807) is 12.1 Å². The Morgan fingerprint density at radius 1 is 1.04 bits per heavy atom. The molecule has 1 heterocycles. The number of carbonyl (C=O) groups excluding carboxylic acids is 2. The van der Waals surface area contributed by atoms with Gasteiger partial charge in [0, 0.05) is 10.1 Å².